The van der Waals surface area contributed by atoms with Crippen LogP contribution in [0.4, 0.5) is 5.69 Å². The molecule has 2 aromatic carbocycles. The first-order chi connectivity index (χ1) is 17.7. The number of ether oxygens (including phenoxy) is 2. The molecule has 0 saturated carbocycles. The third-order valence-corrected chi connectivity index (χ3v) is 6.35. The summed E-state index contributed by atoms with van der Waals surface area (Å²) in [6, 6.07) is 12.7. The summed E-state index contributed by atoms with van der Waals surface area (Å²) in [5.74, 6) is 0.604. The standard InChI is InChI=1S/C28H31N5O4/c1-6-17-11-20(33-27(35)18-7-10-23(36-4)24(13-18)37-5)8-9-21(17)28(2,3)15-30-26(34)19-12-22-25(29-14-19)32-16-31-22/h7-14,16H,6,15H2,1-5H3,(H,30,34)(H,33,35)(H,29,31,32). The van der Waals surface area contributed by atoms with E-state index < -0.39 is 0 Å². The number of benzene rings is 2. The molecule has 0 radical (unpaired) electrons. The number of pyridine rings is 1. The number of carbonyl (C=O) groups is 2. The van der Waals surface area contributed by atoms with Crippen LogP contribution in [0.2, 0.25) is 0 Å². The van der Waals surface area contributed by atoms with Crippen LogP contribution in [-0.4, -0.2) is 47.5 Å². The van der Waals surface area contributed by atoms with E-state index in [9.17, 15) is 9.59 Å². The van der Waals surface area contributed by atoms with Crippen LogP contribution in [0, 0.1) is 0 Å². The molecule has 0 saturated heterocycles. The Hall–Kier alpha value is -4.40. The van der Waals surface area contributed by atoms with Gasteiger partial charge in [-0.15, -0.1) is 0 Å². The van der Waals surface area contributed by atoms with Gasteiger partial charge in [-0.25, -0.2) is 9.97 Å². The number of nitrogens with zero attached hydrogens (tertiary/aromatic N) is 2. The first-order valence-electron chi connectivity index (χ1n) is 12.0. The number of hydrogen-bond acceptors (Lipinski definition) is 6. The van der Waals surface area contributed by atoms with E-state index in [0.717, 1.165) is 17.5 Å². The third kappa shape index (κ3) is 5.55. The van der Waals surface area contributed by atoms with Crippen molar-refractivity contribution in [3.8, 4) is 11.5 Å². The lowest BCUT2D eigenvalue weighted by Crippen LogP contribution is -2.37. The number of hydrogen-bond donors (Lipinski definition) is 3. The third-order valence-electron chi connectivity index (χ3n) is 6.35. The number of anilines is 1. The molecule has 0 aliphatic heterocycles. The van der Waals surface area contributed by atoms with E-state index in [1.165, 1.54) is 13.3 Å². The second kappa shape index (κ2) is 10.7. The fraction of sp³-hybridized carbons (Fsp3) is 0.286. The fourth-order valence-electron chi connectivity index (χ4n) is 4.26. The van der Waals surface area contributed by atoms with Gasteiger partial charge in [0.25, 0.3) is 11.8 Å². The van der Waals surface area contributed by atoms with Crippen LogP contribution in [-0.2, 0) is 11.8 Å². The Balaban J connectivity index is 1.47. The molecule has 0 unspecified atom stereocenters. The summed E-state index contributed by atoms with van der Waals surface area (Å²) >= 11 is 0. The Labute approximate surface area is 215 Å². The maximum absolute atomic E-state index is 12.9. The normalized spacial score (nSPS) is 11.3. The molecule has 0 bridgehead atoms. The number of carbonyl (C=O) groups excluding carboxylic acids is 2. The summed E-state index contributed by atoms with van der Waals surface area (Å²) in [5.41, 5.74) is 4.75. The number of nitrogens with one attached hydrogen (secondary N) is 3. The molecule has 37 heavy (non-hydrogen) atoms. The summed E-state index contributed by atoms with van der Waals surface area (Å²) in [5, 5.41) is 5.99. The smallest absolute Gasteiger partial charge is 0.255 e. The van der Waals surface area contributed by atoms with Crippen LogP contribution in [0.25, 0.3) is 11.2 Å². The van der Waals surface area contributed by atoms with Gasteiger partial charge in [-0.05, 0) is 53.9 Å². The maximum atomic E-state index is 12.9. The van der Waals surface area contributed by atoms with E-state index in [1.807, 2.05) is 18.2 Å². The predicted molar refractivity (Wildman–Crippen MR) is 143 cm³/mol. The number of imidazole rings is 1. The Morgan fingerprint density at radius 3 is 2.46 bits per heavy atom. The van der Waals surface area contributed by atoms with E-state index in [2.05, 4.69) is 46.4 Å². The number of aryl methyl sites for hydroxylation is 1. The molecule has 2 heterocycles. The van der Waals surface area contributed by atoms with Crippen LogP contribution < -0.4 is 20.1 Å². The van der Waals surface area contributed by atoms with Gasteiger partial charge in [0.05, 0.1) is 31.6 Å². The summed E-state index contributed by atoms with van der Waals surface area (Å²) in [4.78, 5) is 36.9. The largest absolute Gasteiger partial charge is 0.493 e. The lowest BCUT2D eigenvalue weighted by atomic mass is 9.80. The molecule has 2 amide bonds. The minimum Gasteiger partial charge on any atom is -0.493 e. The number of rotatable bonds is 9. The molecule has 0 aliphatic carbocycles. The van der Waals surface area contributed by atoms with Crippen molar-refractivity contribution >= 4 is 28.7 Å². The highest BCUT2D eigenvalue weighted by molar-refractivity contribution is 6.04. The van der Waals surface area contributed by atoms with Crippen molar-refractivity contribution in [1.82, 2.24) is 20.3 Å². The number of amides is 2. The molecule has 4 rings (SSSR count). The second-order valence-electron chi connectivity index (χ2n) is 9.31. The molecule has 192 valence electrons. The van der Waals surface area contributed by atoms with E-state index in [-0.39, 0.29) is 17.2 Å². The van der Waals surface area contributed by atoms with Gasteiger partial charge >= 0.3 is 0 Å². The average Bonchev–Trinajstić information content (AvgIpc) is 3.39. The highest BCUT2D eigenvalue weighted by atomic mass is 16.5. The molecule has 9 nitrogen and oxygen atoms in total. The van der Waals surface area contributed by atoms with E-state index >= 15 is 0 Å². The van der Waals surface area contributed by atoms with E-state index in [4.69, 9.17) is 9.47 Å². The Kier molecular flexibility index (Phi) is 7.42. The monoisotopic (exact) mass is 501 g/mol. The van der Waals surface area contributed by atoms with Gasteiger partial charge in [0.2, 0.25) is 0 Å². The van der Waals surface area contributed by atoms with Gasteiger partial charge in [-0.3, -0.25) is 9.59 Å². The van der Waals surface area contributed by atoms with Gasteiger partial charge in [0.15, 0.2) is 17.1 Å². The van der Waals surface area contributed by atoms with Crippen molar-refractivity contribution in [3.63, 3.8) is 0 Å². The maximum Gasteiger partial charge on any atom is 0.255 e. The van der Waals surface area contributed by atoms with Gasteiger partial charge in [0, 0.05) is 29.4 Å². The zero-order chi connectivity index (χ0) is 26.6. The lowest BCUT2D eigenvalue weighted by molar-refractivity contribution is 0.0944. The van der Waals surface area contributed by atoms with Crippen molar-refractivity contribution < 1.29 is 19.1 Å². The zero-order valence-corrected chi connectivity index (χ0v) is 21.6. The van der Waals surface area contributed by atoms with Crippen molar-refractivity contribution in [1.29, 1.82) is 0 Å². The molecule has 2 aromatic heterocycles. The molecular formula is C28H31N5O4. The SMILES string of the molecule is CCc1cc(NC(=O)c2ccc(OC)c(OC)c2)ccc1C(C)(C)CNC(=O)c1cnc2nc[nH]c2c1. The molecule has 3 N–H and O–H groups in total. The number of fused-ring (bicyclic) bond motifs is 1. The van der Waals surface area contributed by atoms with Crippen molar-refractivity contribution in [2.24, 2.45) is 0 Å². The zero-order valence-electron chi connectivity index (χ0n) is 21.6. The van der Waals surface area contributed by atoms with Crippen LogP contribution in [0.5, 0.6) is 11.5 Å². The molecule has 0 aliphatic rings. The molecule has 0 atom stereocenters. The molecular weight excluding hydrogens is 470 g/mol. The molecule has 0 fully saturated rings. The lowest BCUT2D eigenvalue weighted by Gasteiger charge is -2.28. The van der Waals surface area contributed by atoms with Crippen LogP contribution in [0.3, 0.4) is 0 Å². The van der Waals surface area contributed by atoms with E-state index in [0.29, 0.717) is 46.0 Å². The van der Waals surface area contributed by atoms with Gasteiger partial charge in [-0.1, -0.05) is 26.8 Å². The van der Waals surface area contributed by atoms with Crippen LogP contribution in [0.15, 0.2) is 55.0 Å². The fourth-order valence-corrected chi connectivity index (χ4v) is 4.26. The van der Waals surface area contributed by atoms with Gasteiger partial charge in [0.1, 0.15) is 0 Å². The van der Waals surface area contributed by atoms with Crippen molar-refractivity contribution in [2.45, 2.75) is 32.6 Å². The Morgan fingerprint density at radius 2 is 1.73 bits per heavy atom. The average molecular weight is 502 g/mol. The highest BCUT2D eigenvalue weighted by Gasteiger charge is 2.25. The topological polar surface area (TPSA) is 118 Å². The summed E-state index contributed by atoms with van der Waals surface area (Å²) in [7, 11) is 3.08. The first kappa shape index (κ1) is 25.7. The van der Waals surface area contributed by atoms with Gasteiger partial charge < -0.3 is 25.1 Å². The Morgan fingerprint density at radius 1 is 0.946 bits per heavy atom. The summed E-state index contributed by atoms with van der Waals surface area (Å²) in [6.45, 7) is 6.66. The van der Waals surface area contributed by atoms with Crippen molar-refractivity contribution in [2.75, 3.05) is 26.1 Å². The molecule has 4 aromatic rings. The number of aromatic amines is 1. The van der Waals surface area contributed by atoms with Crippen molar-refractivity contribution in [3.05, 3.63) is 77.2 Å². The van der Waals surface area contributed by atoms with Gasteiger partial charge in [-0.2, -0.15) is 0 Å². The first-order valence-corrected chi connectivity index (χ1v) is 12.0. The highest BCUT2D eigenvalue weighted by Crippen LogP contribution is 2.30. The minimum absolute atomic E-state index is 0.200. The van der Waals surface area contributed by atoms with Crippen LogP contribution in [0.1, 0.15) is 52.6 Å². The second-order valence-corrected chi connectivity index (χ2v) is 9.31. The number of methoxy groups -OCH3 is 2. The number of aromatic nitrogens is 3. The molecule has 9 heteroatoms. The summed E-state index contributed by atoms with van der Waals surface area (Å²) < 4.78 is 10.6. The molecule has 0 spiro atoms. The Bertz CT molecular complexity index is 1440. The number of H-pyrrole nitrogens is 1. The minimum atomic E-state index is -0.349. The summed E-state index contributed by atoms with van der Waals surface area (Å²) in [6.07, 6.45) is 3.85. The van der Waals surface area contributed by atoms with Crippen LogP contribution >= 0.6 is 0 Å². The predicted octanol–water partition coefficient (Wildman–Crippen LogP) is 4.50. The van der Waals surface area contributed by atoms with E-state index in [1.54, 1.807) is 37.7 Å². The quantitative estimate of drug-likeness (QED) is 0.311.